The van der Waals surface area contributed by atoms with Crippen molar-refractivity contribution < 1.29 is 14.1 Å². The van der Waals surface area contributed by atoms with Crippen LogP contribution in [0.2, 0.25) is 0 Å². The van der Waals surface area contributed by atoms with Crippen molar-refractivity contribution >= 4 is 49.2 Å². The third-order valence-corrected chi connectivity index (χ3v) is 7.39. The van der Waals surface area contributed by atoms with Crippen LogP contribution in [-0.4, -0.2) is 52.3 Å². The predicted molar refractivity (Wildman–Crippen MR) is 159 cm³/mol. The van der Waals surface area contributed by atoms with E-state index in [4.69, 9.17) is 9.26 Å². The molecule has 3 aromatic heterocycles. The van der Waals surface area contributed by atoms with Gasteiger partial charge in [0.15, 0.2) is 5.13 Å². The van der Waals surface area contributed by atoms with E-state index >= 15 is 0 Å². The van der Waals surface area contributed by atoms with Crippen LogP contribution in [0.25, 0.3) is 32.4 Å². The quantitative estimate of drug-likeness (QED) is 0.153. The first-order valence-electron chi connectivity index (χ1n) is 13.5. The molecule has 0 spiro atoms. The van der Waals surface area contributed by atoms with Crippen LogP contribution in [0.5, 0.6) is 5.75 Å². The minimum absolute atomic E-state index is 0.111. The molecule has 0 aliphatic carbocycles. The van der Waals surface area contributed by atoms with Gasteiger partial charge in [-0.05, 0) is 62.5 Å². The van der Waals surface area contributed by atoms with E-state index in [1.807, 2.05) is 49.5 Å². The number of aryl methyl sites for hydroxylation is 1. The Hall–Kier alpha value is -4.09. The Labute approximate surface area is 236 Å². The molecule has 5 aromatic rings. The molecule has 11 heteroatoms. The summed E-state index contributed by atoms with van der Waals surface area (Å²) >= 11 is 1.43. The summed E-state index contributed by atoms with van der Waals surface area (Å²) in [5.41, 5.74) is 1.65. The fourth-order valence-electron chi connectivity index (χ4n) is 4.48. The first kappa shape index (κ1) is 27.5. The maximum atomic E-state index is 13.2. The van der Waals surface area contributed by atoms with Gasteiger partial charge in [-0.15, -0.1) is 0 Å². The molecular formula is C29H33N7O3S. The van der Waals surface area contributed by atoms with E-state index < -0.39 is 0 Å². The number of benzene rings is 2. The van der Waals surface area contributed by atoms with E-state index in [1.165, 1.54) is 11.3 Å². The van der Waals surface area contributed by atoms with Gasteiger partial charge in [-0.1, -0.05) is 41.6 Å². The van der Waals surface area contributed by atoms with E-state index in [1.54, 1.807) is 13.1 Å². The molecule has 5 rings (SSSR count). The summed E-state index contributed by atoms with van der Waals surface area (Å²) in [7, 11) is 1.92. The summed E-state index contributed by atoms with van der Waals surface area (Å²) in [5.74, 6) is 2.42. The summed E-state index contributed by atoms with van der Waals surface area (Å²) in [6.45, 7) is 5.32. The van der Waals surface area contributed by atoms with Crippen LogP contribution in [0.3, 0.4) is 0 Å². The van der Waals surface area contributed by atoms with Crippen molar-refractivity contribution in [1.82, 2.24) is 25.4 Å². The van der Waals surface area contributed by atoms with Crippen LogP contribution < -0.4 is 20.7 Å². The molecule has 2 aromatic carbocycles. The number of pyridine rings is 1. The zero-order valence-corrected chi connectivity index (χ0v) is 23.7. The fraction of sp³-hybridized carbons (Fsp3) is 0.345. The van der Waals surface area contributed by atoms with Gasteiger partial charge in [-0.3, -0.25) is 4.79 Å². The van der Waals surface area contributed by atoms with E-state index in [0.29, 0.717) is 29.3 Å². The monoisotopic (exact) mass is 559 g/mol. The number of nitrogens with one attached hydrogen (secondary N) is 3. The molecule has 208 valence electrons. The number of hydrogen-bond donors (Lipinski definition) is 3. The third kappa shape index (κ3) is 6.54. The number of thiazole rings is 1. The van der Waals surface area contributed by atoms with Gasteiger partial charge in [-0.2, -0.15) is 4.98 Å². The minimum atomic E-state index is -0.139. The number of ether oxygens (including phenoxy) is 1. The van der Waals surface area contributed by atoms with Crippen molar-refractivity contribution in [1.29, 1.82) is 0 Å². The van der Waals surface area contributed by atoms with Crippen molar-refractivity contribution in [2.45, 2.75) is 45.6 Å². The second-order valence-corrected chi connectivity index (χ2v) is 10.5. The molecule has 0 aliphatic rings. The molecule has 0 unspecified atom stereocenters. The second kappa shape index (κ2) is 12.8. The maximum absolute atomic E-state index is 13.2. The summed E-state index contributed by atoms with van der Waals surface area (Å²) < 4.78 is 12.0. The van der Waals surface area contributed by atoms with E-state index in [-0.39, 0.29) is 18.4 Å². The highest BCUT2D eigenvalue weighted by molar-refractivity contribution is 7.22. The van der Waals surface area contributed by atoms with Gasteiger partial charge < -0.3 is 25.2 Å². The summed E-state index contributed by atoms with van der Waals surface area (Å²) in [6, 6.07) is 13.6. The van der Waals surface area contributed by atoms with Crippen LogP contribution in [0.4, 0.5) is 10.9 Å². The lowest BCUT2D eigenvalue weighted by Crippen LogP contribution is -2.28. The Morgan fingerprint density at radius 3 is 2.88 bits per heavy atom. The van der Waals surface area contributed by atoms with Crippen LogP contribution in [0.1, 0.15) is 38.5 Å². The van der Waals surface area contributed by atoms with Crippen LogP contribution in [0.15, 0.2) is 53.2 Å². The van der Waals surface area contributed by atoms with Crippen molar-refractivity contribution in [3.05, 3.63) is 54.6 Å². The fourth-order valence-corrected chi connectivity index (χ4v) is 5.43. The zero-order chi connectivity index (χ0) is 27.9. The molecule has 0 bridgehead atoms. The first-order valence-corrected chi connectivity index (χ1v) is 14.3. The van der Waals surface area contributed by atoms with Gasteiger partial charge in [-0.25, -0.2) is 9.97 Å². The molecule has 0 saturated heterocycles. The van der Waals surface area contributed by atoms with E-state index in [0.717, 1.165) is 58.1 Å². The summed E-state index contributed by atoms with van der Waals surface area (Å²) in [6.07, 6.45) is 4.64. The number of hydrogen-bond acceptors (Lipinski definition) is 10. The highest BCUT2D eigenvalue weighted by atomic mass is 32.1. The molecule has 1 amide bonds. The van der Waals surface area contributed by atoms with Crippen LogP contribution >= 0.6 is 11.3 Å². The lowest BCUT2D eigenvalue weighted by atomic mass is 10.0. The molecule has 3 heterocycles. The van der Waals surface area contributed by atoms with E-state index in [9.17, 15) is 4.79 Å². The van der Waals surface area contributed by atoms with Crippen LogP contribution in [0, 0.1) is 6.92 Å². The average Bonchev–Trinajstić information content (AvgIpc) is 3.57. The number of aromatic nitrogens is 4. The Kier molecular flexibility index (Phi) is 8.82. The Morgan fingerprint density at radius 2 is 2.08 bits per heavy atom. The number of amides is 1. The Morgan fingerprint density at radius 1 is 1.18 bits per heavy atom. The summed E-state index contributed by atoms with van der Waals surface area (Å²) in [5, 5.41) is 16.3. The topological polar surface area (TPSA) is 127 Å². The number of fused-ring (bicyclic) bond motifs is 2. The third-order valence-electron chi connectivity index (χ3n) is 6.39. The Balaban J connectivity index is 1.34. The highest BCUT2D eigenvalue weighted by Crippen LogP contribution is 2.34. The maximum Gasteiger partial charge on any atom is 0.228 e. The van der Waals surface area contributed by atoms with Crippen molar-refractivity contribution in [3.63, 3.8) is 0 Å². The number of nitrogens with zero attached hydrogens (tertiary/aromatic N) is 4. The highest BCUT2D eigenvalue weighted by Gasteiger charge is 2.18. The van der Waals surface area contributed by atoms with Gasteiger partial charge in [0.2, 0.25) is 17.6 Å². The number of rotatable bonds is 13. The Bertz CT molecular complexity index is 1600. The lowest BCUT2D eigenvalue weighted by Gasteiger charge is -2.20. The van der Waals surface area contributed by atoms with Gasteiger partial charge in [0.25, 0.3) is 0 Å². The van der Waals surface area contributed by atoms with Crippen molar-refractivity contribution in [2.75, 3.05) is 30.8 Å². The number of carbonyl (C=O) groups is 1. The number of anilines is 2. The van der Waals surface area contributed by atoms with Gasteiger partial charge >= 0.3 is 0 Å². The number of carbonyl (C=O) groups excluding carboxylic acids is 1. The van der Waals surface area contributed by atoms with Crippen molar-refractivity contribution in [3.8, 4) is 17.1 Å². The molecule has 3 N–H and O–H groups in total. The molecule has 0 radical (unpaired) electrons. The zero-order valence-electron chi connectivity index (χ0n) is 22.9. The molecule has 40 heavy (non-hydrogen) atoms. The van der Waals surface area contributed by atoms with Gasteiger partial charge in [0.1, 0.15) is 11.6 Å². The molecule has 0 aliphatic heterocycles. The molecule has 1 atom stereocenters. The smallest absolute Gasteiger partial charge is 0.228 e. The first-order chi connectivity index (χ1) is 19.5. The van der Waals surface area contributed by atoms with Gasteiger partial charge in [0.05, 0.1) is 16.8 Å². The predicted octanol–water partition coefficient (Wildman–Crippen LogP) is 5.80. The minimum Gasteiger partial charge on any atom is -0.492 e. The largest absolute Gasteiger partial charge is 0.492 e. The average molecular weight is 560 g/mol. The van der Waals surface area contributed by atoms with Gasteiger partial charge in [0, 0.05) is 36.5 Å². The van der Waals surface area contributed by atoms with Crippen LogP contribution in [-0.2, 0) is 4.79 Å². The SMILES string of the molecule is CCCOc1cccc2nc(NC(=O)C[C@H](CCCNC)Nc3nccc4ccc(-c5noc(C)n5)cc34)sc12. The standard InChI is InChI=1S/C29H33N7O3S/c1-4-15-38-24-9-5-8-23-26(24)40-29(34-23)35-25(37)17-21(7-6-13-30-3)33-28-22-16-20(27-32-18(2)39-36-27)11-10-19(22)12-14-31-28/h5,8-12,14,16,21,30H,4,6-7,13,15,17H2,1-3H3,(H,31,33)(H,34,35,37)/t21-/m0/s1. The molecular weight excluding hydrogens is 526 g/mol. The summed E-state index contributed by atoms with van der Waals surface area (Å²) in [4.78, 5) is 26.8. The molecule has 10 nitrogen and oxygen atoms in total. The normalized spacial score (nSPS) is 12.1. The molecule has 0 fully saturated rings. The lowest BCUT2D eigenvalue weighted by molar-refractivity contribution is -0.116. The molecule has 0 saturated carbocycles. The van der Waals surface area contributed by atoms with E-state index in [2.05, 4.69) is 43.0 Å². The second-order valence-electron chi connectivity index (χ2n) is 9.54. The van der Waals surface area contributed by atoms with Crippen molar-refractivity contribution in [2.24, 2.45) is 0 Å².